The van der Waals surface area contributed by atoms with E-state index in [0.717, 1.165) is 0 Å². The summed E-state index contributed by atoms with van der Waals surface area (Å²) in [4.78, 5) is 14.7. The van der Waals surface area contributed by atoms with Crippen LogP contribution in [0.5, 0.6) is 0 Å². The third kappa shape index (κ3) is 3.59. The number of hydrogen-bond donors (Lipinski definition) is 2. The second-order valence-corrected chi connectivity index (χ2v) is 6.88. The van der Waals surface area contributed by atoms with Crippen molar-refractivity contribution in [3.63, 3.8) is 0 Å². The molecule has 21 heavy (non-hydrogen) atoms. The second kappa shape index (κ2) is 5.82. The van der Waals surface area contributed by atoms with Gasteiger partial charge in [-0.2, -0.15) is 0 Å². The molecule has 0 saturated heterocycles. The van der Waals surface area contributed by atoms with E-state index < -0.39 is 16.0 Å². The van der Waals surface area contributed by atoms with Crippen LogP contribution in [0, 0.1) is 6.92 Å². The van der Waals surface area contributed by atoms with Crippen molar-refractivity contribution in [1.29, 1.82) is 0 Å². The Balaban J connectivity index is 2.33. The summed E-state index contributed by atoms with van der Waals surface area (Å²) in [5, 5.41) is 8.95. The standard InChI is InChI=1S/C13H11BrN2O4S/c1-8-4-10(2-3-12(8)13(17)18)16-21(19,20)11-5-9(14)6-15-7-11/h2-7,16H,1H3,(H,17,18). The molecule has 2 aromatic rings. The molecule has 1 aromatic heterocycles. The number of hydrogen-bond acceptors (Lipinski definition) is 4. The molecule has 2 N–H and O–H groups in total. The van der Waals surface area contributed by atoms with Crippen molar-refractivity contribution in [3.05, 3.63) is 52.3 Å². The summed E-state index contributed by atoms with van der Waals surface area (Å²) >= 11 is 3.16. The van der Waals surface area contributed by atoms with Crippen molar-refractivity contribution in [2.75, 3.05) is 4.72 Å². The predicted octanol–water partition coefficient (Wildman–Crippen LogP) is 2.65. The lowest BCUT2D eigenvalue weighted by molar-refractivity contribution is 0.0696. The number of carbonyl (C=O) groups is 1. The summed E-state index contributed by atoms with van der Waals surface area (Å²) in [6.45, 7) is 1.60. The van der Waals surface area contributed by atoms with Crippen LogP contribution in [0.2, 0.25) is 0 Å². The van der Waals surface area contributed by atoms with Gasteiger partial charge in [0.1, 0.15) is 4.90 Å². The number of aromatic nitrogens is 1. The van der Waals surface area contributed by atoms with Gasteiger partial charge >= 0.3 is 5.97 Å². The molecule has 0 amide bonds. The molecular formula is C13H11BrN2O4S. The van der Waals surface area contributed by atoms with Gasteiger partial charge < -0.3 is 5.11 Å². The zero-order valence-corrected chi connectivity index (χ0v) is 13.3. The largest absolute Gasteiger partial charge is 0.478 e. The highest BCUT2D eigenvalue weighted by atomic mass is 79.9. The molecule has 8 heteroatoms. The normalized spacial score (nSPS) is 11.1. The number of halogens is 1. The van der Waals surface area contributed by atoms with E-state index in [2.05, 4.69) is 25.6 Å². The highest BCUT2D eigenvalue weighted by Gasteiger charge is 2.16. The zero-order chi connectivity index (χ0) is 15.6. The summed E-state index contributed by atoms with van der Waals surface area (Å²) in [7, 11) is -3.78. The molecule has 0 aliphatic heterocycles. The van der Waals surface area contributed by atoms with E-state index in [9.17, 15) is 13.2 Å². The first-order valence-corrected chi connectivity index (χ1v) is 8.04. The molecule has 0 unspecified atom stereocenters. The van der Waals surface area contributed by atoms with E-state index in [0.29, 0.717) is 10.0 Å². The first-order valence-electron chi connectivity index (χ1n) is 5.77. The molecule has 1 heterocycles. The Hall–Kier alpha value is -1.93. The van der Waals surface area contributed by atoms with Gasteiger partial charge in [-0.15, -0.1) is 0 Å². The summed E-state index contributed by atoms with van der Waals surface area (Å²) in [5.41, 5.74) is 0.884. The summed E-state index contributed by atoms with van der Waals surface area (Å²) in [5.74, 6) is -1.06. The number of nitrogens with one attached hydrogen (secondary N) is 1. The van der Waals surface area contributed by atoms with Crippen molar-refractivity contribution < 1.29 is 18.3 Å². The van der Waals surface area contributed by atoms with Crippen LogP contribution >= 0.6 is 15.9 Å². The second-order valence-electron chi connectivity index (χ2n) is 4.28. The maximum atomic E-state index is 12.2. The Morgan fingerprint density at radius 3 is 2.57 bits per heavy atom. The Morgan fingerprint density at radius 1 is 1.29 bits per heavy atom. The summed E-state index contributed by atoms with van der Waals surface area (Å²) in [6, 6.07) is 5.65. The van der Waals surface area contributed by atoms with Crippen LogP contribution in [-0.2, 0) is 10.0 Å². The first kappa shape index (κ1) is 15.5. The van der Waals surface area contributed by atoms with Gasteiger partial charge in [0, 0.05) is 22.6 Å². The molecule has 1 aromatic carbocycles. The molecule has 0 radical (unpaired) electrons. The molecule has 0 saturated carbocycles. The monoisotopic (exact) mass is 370 g/mol. The first-order chi connectivity index (χ1) is 9.79. The van der Waals surface area contributed by atoms with E-state index in [1.165, 1.54) is 36.7 Å². The average molecular weight is 371 g/mol. The van der Waals surface area contributed by atoms with Crippen molar-refractivity contribution in [2.24, 2.45) is 0 Å². The molecular weight excluding hydrogens is 360 g/mol. The number of aryl methyl sites for hydroxylation is 1. The van der Waals surface area contributed by atoms with Crippen molar-refractivity contribution in [1.82, 2.24) is 4.98 Å². The fourth-order valence-electron chi connectivity index (χ4n) is 1.72. The Morgan fingerprint density at radius 2 is 2.00 bits per heavy atom. The van der Waals surface area contributed by atoms with Gasteiger partial charge in [-0.25, -0.2) is 13.2 Å². The van der Waals surface area contributed by atoms with Gasteiger partial charge in [0.2, 0.25) is 0 Å². The topological polar surface area (TPSA) is 96.4 Å². The maximum Gasteiger partial charge on any atom is 0.335 e. The number of sulfonamides is 1. The van der Waals surface area contributed by atoms with Gasteiger partial charge in [-0.1, -0.05) is 0 Å². The maximum absolute atomic E-state index is 12.2. The van der Waals surface area contributed by atoms with E-state index >= 15 is 0 Å². The predicted molar refractivity (Wildman–Crippen MR) is 80.9 cm³/mol. The molecule has 6 nitrogen and oxygen atoms in total. The Labute approximate surface area is 130 Å². The number of benzene rings is 1. The molecule has 0 atom stereocenters. The van der Waals surface area contributed by atoms with E-state index in [1.54, 1.807) is 6.92 Å². The molecule has 0 aliphatic rings. The molecule has 2 rings (SSSR count). The van der Waals surface area contributed by atoms with Crippen LogP contribution in [0.15, 0.2) is 46.0 Å². The third-order valence-electron chi connectivity index (χ3n) is 2.70. The van der Waals surface area contributed by atoms with Crippen LogP contribution in [0.3, 0.4) is 0 Å². The highest BCUT2D eigenvalue weighted by Crippen LogP contribution is 2.20. The fourth-order valence-corrected chi connectivity index (χ4v) is 3.27. The number of pyridine rings is 1. The number of aromatic carboxylic acids is 1. The van der Waals surface area contributed by atoms with Gasteiger partial charge in [-0.05, 0) is 52.7 Å². The minimum absolute atomic E-state index is 0.0110. The minimum atomic E-state index is -3.78. The van der Waals surface area contributed by atoms with Gasteiger partial charge in [0.05, 0.1) is 5.56 Å². The number of carboxylic acids is 1. The van der Waals surface area contributed by atoms with Crippen LogP contribution in [-0.4, -0.2) is 24.5 Å². The molecule has 0 aliphatic carbocycles. The van der Waals surface area contributed by atoms with E-state index in [4.69, 9.17) is 5.11 Å². The number of anilines is 1. The quantitative estimate of drug-likeness (QED) is 0.862. The Kier molecular flexibility index (Phi) is 4.29. The third-order valence-corrected chi connectivity index (χ3v) is 4.48. The number of carboxylic acid groups (broad SMARTS) is 1. The average Bonchev–Trinajstić information content (AvgIpc) is 2.37. The SMILES string of the molecule is Cc1cc(NS(=O)(=O)c2cncc(Br)c2)ccc1C(=O)O. The number of rotatable bonds is 4. The van der Waals surface area contributed by atoms with Crippen LogP contribution in [0.25, 0.3) is 0 Å². The van der Waals surface area contributed by atoms with Crippen LogP contribution in [0.1, 0.15) is 15.9 Å². The molecule has 0 fully saturated rings. The lowest BCUT2D eigenvalue weighted by Crippen LogP contribution is -2.13. The fraction of sp³-hybridized carbons (Fsp3) is 0.0769. The highest BCUT2D eigenvalue weighted by molar-refractivity contribution is 9.10. The minimum Gasteiger partial charge on any atom is -0.478 e. The van der Waals surface area contributed by atoms with E-state index in [1.807, 2.05) is 0 Å². The van der Waals surface area contributed by atoms with Crippen molar-refractivity contribution in [2.45, 2.75) is 11.8 Å². The molecule has 0 spiro atoms. The summed E-state index contributed by atoms with van der Waals surface area (Å²) < 4.78 is 27.3. The van der Waals surface area contributed by atoms with Crippen LogP contribution in [0.4, 0.5) is 5.69 Å². The van der Waals surface area contributed by atoms with Gasteiger partial charge in [0.15, 0.2) is 0 Å². The lowest BCUT2D eigenvalue weighted by Gasteiger charge is -2.09. The lowest BCUT2D eigenvalue weighted by atomic mass is 10.1. The zero-order valence-electron chi connectivity index (χ0n) is 10.9. The van der Waals surface area contributed by atoms with Crippen LogP contribution < -0.4 is 4.72 Å². The smallest absolute Gasteiger partial charge is 0.335 e. The number of nitrogens with zero attached hydrogens (tertiary/aromatic N) is 1. The molecule has 0 bridgehead atoms. The molecule has 110 valence electrons. The Bertz CT molecular complexity index is 806. The summed E-state index contributed by atoms with van der Waals surface area (Å²) in [6.07, 6.45) is 2.70. The van der Waals surface area contributed by atoms with Crippen molar-refractivity contribution in [3.8, 4) is 0 Å². The van der Waals surface area contributed by atoms with Crippen molar-refractivity contribution >= 4 is 37.6 Å². The van der Waals surface area contributed by atoms with E-state index in [-0.39, 0.29) is 16.1 Å². The van der Waals surface area contributed by atoms with Gasteiger partial charge in [0.25, 0.3) is 10.0 Å². The van der Waals surface area contributed by atoms with Gasteiger partial charge in [-0.3, -0.25) is 9.71 Å².